The minimum atomic E-state index is -0.971. The molecule has 4 heteroatoms. The van der Waals surface area contributed by atoms with Crippen LogP contribution in [0.4, 0.5) is 0 Å². The molecule has 2 N–H and O–H groups in total. The van der Waals surface area contributed by atoms with Crippen molar-refractivity contribution in [1.82, 2.24) is 4.57 Å². The van der Waals surface area contributed by atoms with E-state index in [0.717, 1.165) is 16.9 Å². The molecule has 1 heterocycles. The first-order valence-corrected chi connectivity index (χ1v) is 6.88. The lowest BCUT2D eigenvalue weighted by Crippen LogP contribution is -2.02. The van der Waals surface area contributed by atoms with Gasteiger partial charge >= 0.3 is 5.97 Å². The van der Waals surface area contributed by atoms with E-state index in [1.807, 2.05) is 47.9 Å². The number of carboxylic acid groups (broad SMARTS) is 1. The van der Waals surface area contributed by atoms with E-state index in [-0.39, 0.29) is 11.3 Å². The van der Waals surface area contributed by atoms with Crippen molar-refractivity contribution < 1.29 is 15.0 Å². The highest BCUT2D eigenvalue weighted by atomic mass is 16.4. The molecule has 0 radical (unpaired) electrons. The average molecular weight is 293 g/mol. The standard InChI is InChI=1S/C18H15NO3/c1-12-10-16(18(21)22)17(13-6-3-2-4-7-13)19(12)14-8-5-9-15(20)11-14/h2-11,20H,1H3,(H,21,22). The smallest absolute Gasteiger partial charge is 0.337 e. The van der Waals surface area contributed by atoms with Crippen molar-refractivity contribution >= 4 is 5.97 Å². The predicted octanol–water partition coefficient (Wildman–Crippen LogP) is 3.86. The molecule has 0 unspecified atom stereocenters. The predicted molar refractivity (Wildman–Crippen MR) is 84.6 cm³/mol. The second kappa shape index (κ2) is 5.41. The highest BCUT2D eigenvalue weighted by Crippen LogP contribution is 2.31. The molecule has 4 nitrogen and oxygen atoms in total. The van der Waals surface area contributed by atoms with Crippen LogP contribution in [0.15, 0.2) is 60.7 Å². The first kappa shape index (κ1) is 13.9. The van der Waals surface area contributed by atoms with Crippen LogP contribution in [-0.4, -0.2) is 20.7 Å². The molecular formula is C18H15NO3. The fraction of sp³-hybridized carbons (Fsp3) is 0.0556. The van der Waals surface area contributed by atoms with Gasteiger partial charge in [-0.15, -0.1) is 0 Å². The molecule has 0 spiro atoms. The Bertz CT molecular complexity index is 835. The Kier molecular flexibility index (Phi) is 3.43. The summed E-state index contributed by atoms with van der Waals surface area (Å²) in [5.74, 6) is -0.831. The summed E-state index contributed by atoms with van der Waals surface area (Å²) in [5, 5.41) is 19.2. The zero-order valence-corrected chi connectivity index (χ0v) is 12.0. The van der Waals surface area contributed by atoms with Crippen molar-refractivity contribution in [3.63, 3.8) is 0 Å². The van der Waals surface area contributed by atoms with Gasteiger partial charge < -0.3 is 14.8 Å². The number of phenolic OH excluding ortho intramolecular Hbond substituents is 1. The SMILES string of the molecule is Cc1cc(C(=O)O)c(-c2ccccc2)n1-c1cccc(O)c1. The number of hydrogen-bond donors (Lipinski definition) is 2. The Balaban J connectivity index is 2.33. The van der Waals surface area contributed by atoms with Crippen molar-refractivity contribution in [3.8, 4) is 22.7 Å². The Labute approximate surface area is 127 Å². The second-order valence-corrected chi connectivity index (χ2v) is 5.07. The number of nitrogens with zero attached hydrogens (tertiary/aromatic N) is 1. The number of aryl methyl sites for hydroxylation is 1. The quantitative estimate of drug-likeness (QED) is 0.771. The molecule has 2 aromatic carbocycles. The number of benzene rings is 2. The molecule has 22 heavy (non-hydrogen) atoms. The van der Waals surface area contributed by atoms with E-state index < -0.39 is 5.97 Å². The third-order valence-corrected chi connectivity index (χ3v) is 3.55. The van der Waals surface area contributed by atoms with Gasteiger partial charge in [-0.25, -0.2) is 4.79 Å². The summed E-state index contributed by atoms with van der Waals surface area (Å²) in [5.41, 5.74) is 3.19. The Morgan fingerprint density at radius 3 is 2.36 bits per heavy atom. The van der Waals surface area contributed by atoms with Crippen molar-refractivity contribution in [2.75, 3.05) is 0 Å². The van der Waals surface area contributed by atoms with Gasteiger partial charge in [0, 0.05) is 17.4 Å². The monoisotopic (exact) mass is 293 g/mol. The average Bonchev–Trinajstić information content (AvgIpc) is 2.86. The van der Waals surface area contributed by atoms with Crippen LogP contribution in [0.5, 0.6) is 5.75 Å². The van der Waals surface area contributed by atoms with Gasteiger partial charge in [0.25, 0.3) is 0 Å². The lowest BCUT2D eigenvalue weighted by molar-refractivity contribution is 0.0698. The molecule has 1 aromatic heterocycles. The number of carbonyl (C=O) groups is 1. The molecule has 0 fully saturated rings. The summed E-state index contributed by atoms with van der Waals surface area (Å²) in [6.45, 7) is 1.85. The van der Waals surface area contributed by atoms with Crippen molar-refractivity contribution in [1.29, 1.82) is 0 Å². The number of aromatic nitrogens is 1. The molecule has 3 rings (SSSR count). The minimum absolute atomic E-state index is 0.140. The lowest BCUT2D eigenvalue weighted by Gasteiger charge is -2.13. The number of carboxylic acids is 1. The van der Waals surface area contributed by atoms with Crippen LogP contribution in [-0.2, 0) is 0 Å². The molecule has 110 valence electrons. The summed E-state index contributed by atoms with van der Waals surface area (Å²) in [6, 6.07) is 17.8. The lowest BCUT2D eigenvalue weighted by atomic mass is 10.1. The van der Waals surface area contributed by atoms with Gasteiger partial charge in [-0.05, 0) is 30.7 Å². The molecule has 0 bridgehead atoms. The van der Waals surface area contributed by atoms with Crippen LogP contribution < -0.4 is 0 Å². The molecule has 0 amide bonds. The molecule has 0 aliphatic carbocycles. The van der Waals surface area contributed by atoms with E-state index in [1.54, 1.807) is 24.3 Å². The van der Waals surface area contributed by atoms with E-state index in [0.29, 0.717) is 5.69 Å². The van der Waals surface area contributed by atoms with Crippen LogP contribution in [0.2, 0.25) is 0 Å². The van der Waals surface area contributed by atoms with Gasteiger partial charge in [-0.3, -0.25) is 0 Å². The van der Waals surface area contributed by atoms with E-state index in [1.165, 1.54) is 0 Å². The number of hydrogen-bond acceptors (Lipinski definition) is 2. The third-order valence-electron chi connectivity index (χ3n) is 3.55. The summed E-state index contributed by atoms with van der Waals surface area (Å²) in [6.07, 6.45) is 0. The van der Waals surface area contributed by atoms with Crippen LogP contribution >= 0.6 is 0 Å². The highest BCUT2D eigenvalue weighted by molar-refractivity contribution is 5.96. The number of rotatable bonds is 3. The maximum Gasteiger partial charge on any atom is 0.337 e. The van der Waals surface area contributed by atoms with Gasteiger partial charge in [-0.1, -0.05) is 36.4 Å². The molecule has 0 saturated heterocycles. The third kappa shape index (κ3) is 2.35. The van der Waals surface area contributed by atoms with Crippen LogP contribution in [0.25, 0.3) is 16.9 Å². The zero-order valence-electron chi connectivity index (χ0n) is 12.0. The summed E-state index contributed by atoms with van der Waals surface area (Å²) >= 11 is 0. The Morgan fingerprint density at radius 1 is 1.00 bits per heavy atom. The molecule has 0 saturated carbocycles. The van der Waals surface area contributed by atoms with Crippen molar-refractivity contribution in [2.45, 2.75) is 6.92 Å². The van der Waals surface area contributed by atoms with E-state index in [4.69, 9.17) is 0 Å². The fourth-order valence-corrected chi connectivity index (χ4v) is 2.65. The van der Waals surface area contributed by atoms with E-state index >= 15 is 0 Å². The topological polar surface area (TPSA) is 62.5 Å². The van der Waals surface area contributed by atoms with Crippen LogP contribution in [0.3, 0.4) is 0 Å². The second-order valence-electron chi connectivity index (χ2n) is 5.07. The summed E-state index contributed by atoms with van der Waals surface area (Å²) in [4.78, 5) is 11.6. The maximum absolute atomic E-state index is 11.6. The maximum atomic E-state index is 11.6. The van der Waals surface area contributed by atoms with Gasteiger partial charge in [0.05, 0.1) is 11.3 Å². The van der Waals surface area contributed by atoms with E-state index in [9.17, 15) is 15.0 Å². The normalized spacial score (nSPS) is 10.6. The number of aromatic carboxylic acids is 1. The summed E-state index contributed by atoms with van der Waals surface area (Å²) < 4.78 is 1.85. The Morgan fingerprint density at radius 2 is 1.73 bits per heavy atom. The zero-order chi connectivity index (χ0) is 15.7. The largest absolute Gasteiger partial charge is 0.508 e. The fourth-order valence-electron chi connectivity index (χ4n) is 2.65. The molecule has 0 aliphatic rings. The first-order chi connectivity index (χ1) is 10.6. The molecule has 0 aliphatic heterocycles. The Hall–Kier alpha value is -3.01. The van der Waals surface area contributed by atoms with Gasteiger partial charge in [-0.2, -0.15) is 0 Å². The van der Waals surface area contributed by atoms with Crippen LogP contribution in [0.1, 0.15) is 16.1 Å². The summed E-state index contributed by atoms with van der Waals surface area (Å²) in [7, 11) is 0. The molecule has 0 atom stereocenters. The van der Waals surface area contributed by atoms with Gasteiger partial charge in [0.2, 0.25) is 0 Å². The van der Waals surface area contributed by atoms with Crippen molar-refractivity contribution in [2.24, 2.45) is 0 Å². The first-order valence-electron chi connectivity index (χ1n) is 6.88. The molecular weight excluding hydrogens is 278 g/mol. The molecule has 3 aromatic rings. The minimum Gasteiger partial charge on any atom is -0.508 e. The van der Waals surface area contributed by atoms with Gasteiger partial charge in [0.1, 0.15) is 5.75 Å². The van der Waals surface area contributed by atoms with Crippen molar-refractivity contribution in [3.05, 3.63) is 71.9 Å². The van der Waals surface area contributed by atoms with Gasteiger partial charge in [0.15, 0.2) is 0 Å². The number of aromatic hydroxyl groups is 1. The highest BCUT2D eigenvalue weighted by Gasteiger charge is 2.20. The van der Waals surface area contributed by atoms with Crippen LogP contribution in [0, 0.1) is 6.92 Å². The number of phenols is 1. The van der Waals surface area contributed by atoms with E-state index in [2.05, 4.69) is 0 Å².